The van der Waals surface area contributed by atoms with E-state index in [2.05, 4.69) is 17.2 Å². The first kappa shape index (κ1) is 10.6. The van der Waals surface area contributed by atoms with Gasteiger partial charge in [-0.25, -0.2) is 0 Å². The molecule has 0 radical (unpaired) electrons. The molecule has 0 saturated heterocycles. The van der Waals surface area contributed by atoms with E-state index in [4.69, 9.17) is 5.73 Å². The maximum atomic E-state index is 5.71. The molecule has 0 aliphatic carbocycles. The van der Waals surface area contributed by atoms with Crippen LogP contribution in [0.15, 0.2) is 18.2 Å². The molecular weight excluding hydrogens is 172 g/mol. The molecule has 14 heavy (non-hydrogen) atoms. The maximum absolute atomic E-state index is 5.71. The highest BCUT2D eigenvalue weighted by Gasteiger charge is 1.92. The quantitative estimate of drug-likeness (QED) is 0.420. The van der Waals surface area contributed by atoms with Gasteiger partial charge in [0, 0.05) is 24.2 Å². The van der Waals surface area contributed by atoms with Crippen LogP contribution in [0.2, 0.25) is 0 Å². The first-order valence-corrected chi connectivity index (χ1v) is 4.73. The predicted molar refractivity (Wildman–Crippen MR) is 61.0 cm³/mol. The largest absolute Gasteiger partial charge is 0.399 e. The van der Waals surface area contributed by atoms with E-state index in [1.807, 2.05) is 32.2 Å². The summed E-state index contributed by atoms with van der Waals surface area (Å²) in [5, 5.41) is 3.05. The Labute approximate surface area is 85.5 Å². The first-order chi connectivity index (χ1) is 6.74. The number of hydrogen-bond donors (Lipinski definition) is 2. The van der Waals surface area contributed by atoms with Gasteiger partial charge in [-0.3, -0.25) is 0 Å². The second-order valence-corrected chi connectivity index (χ2v) is 3.23. The number of nitrogens with one attached hydrogen (secondary N) is 1. The fourth-order valence-corrected chi connectivity index (χ4v) is 1.11. The molecule has 1 aromatic carbocycles. The van der Waals surface area contributed by atoms with Crippen LogP contribution >= 0.6 is 0 Å². The van der Waals surface area contributed by atoms with Crippen LogP contribution in [0.5, 0.6) is 0 Å². The van der Waals surface area contributed by atoms with Crippen molar-refractivity contribution in [1.82, 2.24) is 5.32 Å². The Morgan fingerprint density at radius 2 is 2.21 bits per heavy atom. The minimum Gasteiger partial charge on any atom is -0.399 e. The van der Waals surface area contributed by atoms with E-state index in [1.54, 1.807) is 0 Å². The molecule has 0 heterocycles. The van der Waals surface area contributed by atoms with Crippen LogP contribution in [0.1, 0.15) is 17.5 Å². The molecule has 0 amide bonds. The second kappa shape index (κ2) is 5.31. The molecule has 0 bridgehead atoms. The topological polar surface area (TPSA) is 38.0 Å². The summed E-state index contributed by atoms with van der Waals surface area (Å²) in [4.78, 5) is 0. The number of anilines is 1. The monoisotopic (exact) mass is 188 g/mol. The summed E-state index contributed by atoms with van der Waals surface area (Å²) >= 11 is 0. The number of nitrogens with two attached hydrogens (primary N) is 1. The van der Waals surface area contributed by atoms with Crippen molar-refractivity contribution in [2.45, 2.75) is 13.3 Å². The standard InChI is InChI=1S/C12H16N2/c1-10-9-11(6-7-12(10)13)5-3-4-8-14-2/h6-7,9,14H,4,8,13H2,1-2H3. The Hall–Kier alpha value is -1.46. The van der Waals surface area contributed by atoms with Crippen molar-refractivity contribution in [3.8, 4) is 11.8 Å². The number of aryl methyl sites for hydroxylation is 1. The number of benzene rings is 1. The SMILES string of the molecule is CNCCC#Cc1ccc(N)c(C)c1. The van der Waals surface area contributed by atoms with Crippen molar-refractivity contribution >= 4 is 5.69 Å². The number of hydrogen-bond acceptors (Lipinski definition) is 2. The summed E-state index contributed by atoms with van der Waals surface area (Å²) in [6.45, 7) is 2.93. The van der Waals surface area contributed by atoms with Gasteiger partial charge in [0.25, 0.3) is 0 Å². The van der Waals surface area contributed by atoms with E-state index in [0.29, 0.717) is 0 Å². The Kier molecular flexibility index (Phi) is 4.03. The van der Waals surface area contributed by atoms with Gasteiger partial charge in [0.05, 0.1) is 0 Å². The minimum atomic E-state index is 0.825. The smallest absolute Gasteiger partial charge is 0.0344 e. The van der Waals surface area contributed by atoms with Crippen molar-refractivity contribution in [3.63, 3.8) is 0 Å². The van der Waals surface area contributed by atoms with E-state index in [1.165, 1.54) is 0 Å². The highest BCUT2D eigenvalue weighted by molar-refractivity contribution is 5.51. The third-order valence-electron chi connectivity index (χ3n) is 2.00. The number of nitrogen functional groups attached to an aromatic ring is 1. The van der Waals surface area contributed by atoms with Gasteiger partial charge in [-0.15, -0.1) is 0 Å². The summed E-state index contributed by atoms with van der Waals surface area (Å²) < 4.78 is 0. The second-order valence-electron chi connectivity index (χ2n) is 3.23. The van der Waals surface area contributed by atoms with Gasteiger partial charge in [0.2, 0.25) is 0 Å². The molecule has 2 nitrogen and oxygen atoms in total. The van der Waals surface area contributed by atoms with E-state index >= 15 is 0 Å². The van der Waals surface area contributed by atoms with Crippen LogP contribution in [-0.2, 0) is 0 Å². The van der Waals surface area contributed by atoms with Crippen LogP contribution < -0.4 is 11.1 Å². The van der Waals surface area contributed by atoms with Gasteiger partial charge in [-0.2, -0.15) is 0 Å². The van der Waals surface area contributed by atoms with Gasteiger partial charge in [0.1, 0.15) is 0 Å². The van der Waals surface area contributed by atoms with E-state index in [-0.39, 0.29) is 0 Å². The molecule has 0 fully saturated rings. The van der Waals surface area contributed by atoms with Gasteiger partial charge >= 0.3 is 0 Å². The molecule has 3 N–H and O–H groups in total. The highest BCUT2D eigenvalue weighted by atomic mass is 14.8. The minimum absolute atomic E-state index is 0.825. The molecule has 1 aromatic rings. The zero-order chi connectivity index (χ0) is 10.4. The molecule has 0 atom stereocenters. The summed E-state index contributed by atoms with van der Waals surface area (Å²) in [6.07, 6.45) is 0.875. The zero-order valence-electron chi connectivity index (χ0n) is 8.72. The first-order valence-electron chi connectivity index (χ1n) is 4.73. The summed E-state index contributed by atoms with van der Waals surface area (Å²) in [7, 11) is 1.93. The summed E-state index contributed by atoms with van der Waals surface area (Å²) in [5.41, 5.74) is 8.66. The van der Waals surface area contributed by atoms with Crippen LogP contribution in [0.25, 0.3) is 0 Å². The fraction of sp³-hybridized carbons (Fsp3) is 0.333. The third-order valence-corrected chi connectivity index (χ3v) is 2.00. The van der Waals surface area contributed by atoms with Crippen LogP contribution in [-0.4, -0.2) is 13.6 Å². The molecule has 0 aliphatic heterocycles. The lowest BCUT2D eigenvalue weighted by Gasteiger charge is -1.98. The van der Waals surface area contributed by atoms with Crippen molar-refractivity contribution < 1.29 is 0 Å². The molecule has 0 saturated carbocycles. The van der Waals surface area contributed by atoms with Crippen LogP contribution in [0, 0.1) is 18.8 Å². The van der Waals surface area contributed by atoms with Crippen molar-refractivity contribution in [1.29, 1.82) is 0 Å². The van der Waals surface area contributed by atoms with Gasteiger partial charge in [-0.1, -0.05) is 11.8 Å². The zero-order valence-corrected chi connectivity index (χ0v) is 8.72. The Morgan fingerprint density at radius 3 is 2.86 bits per heavy atom. The van der Waals surface area contributed by atoms with Gasteiger partial charge in [-0.05, 0) is 37.7 Å². The average molecular weight is 188 g/mol. The van der Waals surface area contributed by atoms with E-state index in [9.17, 15) is 0 Å². The Morgan fingerprint density at radius 1 is 1.43 bits per heavy atom. The summed E-state index contributed by atoms with van der Waals surface area (Å²) in [6, 6.07) is 5.87. The van der Waals surface area contributed by atoms with Crippen molar-refractivity contribution in [3.05, 3.63) is 29.3 Å². The number of rotatable bonds is 2. The van der Waals surface area contributed by atoms with Gasteiger partial charge in [0.15, 0.2) is 0 Å². The highest BCUT2D eigenvalue weighted by Crippen LogP contribution is 2.11. The molecule has 0 spiro atoms. The molecular formula is C12H16N2. The van der Waals surface area contributed by atoms with Gasteiger partial charge < -0.3 is 11.1 Å². The maximum Gasteiger partial charge on any atom is 0.0344 e. The third kappa shape index (κ3) is 3.12. The Bertz CT molecular complexity index is 358. The van der Waals surface area contributed by atoms with E-state index < -0.39 is 0 Å². The molecule has 1 rings (SSSR count). The van der Waals surface area contributed by atoms with Crippen molar-refractivity contribution in [2.24, 2.45) is 0 Å². The average Bonchev–Trinajstić information content (AvgIpc) is 2.18. The molecule has 0 aliphatic rings. The van der Waals surface area contributed by atoms with Crippen LogP contribution in [0.3, 0.4) is 0 Å². The molecule has 0 unspecified atom stereocenters. The van der Waals surface area contributed by atoms with Crippen LogP contribution in [0.4, 0.5) is 5.69 Å². The molecule has 74 valence electrons. The molecule has 2 heteroatoms. The Balaban J connectivity index is 2.66. The van der Waals surface area contributed by atoms with Crippen molar-refractivity contribution in [2.75, 3.05) is 19.3 Å². The predicted octanol–water partition coefficient (Wildman–Crippen LogP) is 1.54. The lowest BCUT2D eigenvalue weighted by Crippen LogP contribution is -2.05. The fourth-order valence-electron chi connectivity index (χ4n) is 1.11. The lowest BCUT2D eigenvalue weighted by atomic mass is 10.1. The van der Waals surface area contributed by atoms with E-state index in [0.717, 1.165) is 29.8 Å². The summed E-state index contributed by atoms with van der Waals surface area (Å²) in [5.74, 6) is 6.20. The normalized spacial score (nSPS) is 9.29. The lowest BCUT2D eigenvalue weighted by molar-refractivity contribution is 0.818. The molecule has 0 aromatic heterocycles.